The first-order valence-corrected chi connectivity index (χ1v) is 3.68. The summed E-state index contributed by atoms with van der Waals surface area (Å²) in [5.41, 5.74) is 4.77. The van der Waals surface area contributed by atoms with Gasteiger partial charge in [0.05, 0.1) is 0 Å². The largest absolute Gasteiger partial charge is 0.378 e. The van der Waals surface area contributed by atoms with Crippen LogP contribution >= 0.6 is 11.6 Å². The van der Waals surface area contributed by atoms with Crippen molar-refractivity contribution >= 4 is 11.6 Å². The van der Waals surface area contributed by atoms with E-state index in [4.69, 9.17) is 22.4 Å². The molecule has 0 aliphatic heterocycles. The fourth-order valence-corrected chi connectivity index (χ4v) is 0.967. The summed E-state index contributed by atoms with van der Waals surface area (Å²) in [7, 11) is 0. The van der Waals surface area contributed by atoms with E-state index in [1.165, 1.54) is 0 Å². The summed E-state index contributed by atoms with van der Waals surface area (Å²) in [5.74, 6) is 0. The lowest BCUT2D eigenvalue weighted by Gasteiger charge is -2.09. The predicted molar refractivity (Wildman–Crippen MR) is 39.4 cm³/mol. The molecule has 0 fully saturated rings. The Morgan fingerprint density at radius 1 is 1.67 bits per heavy atom. The molecule has 56 valence electrons. The standard InChI is InChI=1S/C6H14ClNO/c1-2-3-5(8)4-6(7)9/h5-6,9H,2-4,8H2,1H3. The molecule has 0 aromatic heterocycles. The molecular formula is C6H14ClNO. The van der Waals surface area contributed by atoms with Crippen LogP contribution < -0.4 is 5.73 Å². The molecule has 2 unspecified atom stereocenters. The molecule has 3 heteroatoms. The van der Waals surface area contributed by atoms with Gasteiger partial charge in [0, 0.05) is 12.5 Å². The first-order valence-electron chi connectivity index (χ1n) is 3.24. The van der Waals surface area contributed by atoms with E-state index in [9.17, 15) is 0 Å². The summed E-state index contributed by atoms with van der Waals surface area (Å²) < 4.78 is 0. The molecule has 0 spiro atoms. The molecule has 0 saturated heterocycles. The van der Waals surface area contributed by atoms with Gasteiger partial charge in [-0.15, -0.1) is 0 Å². The third-order valence-electron chi connectivity index (χ3n) is 1.16. The molecule has 9 heavy (non-hydrogen) atoms. The Kier molecular flexibility index (Phi) is 5.15. The first kappa shape index (κ1) is 9.21. The Morgan fingerprint density at radius 3 is 2.56 bits per heavy atom. The highest BCUT2D eigenvalue weighted by Gasteiger charge is 2.05. The van der Waals surface area contributed by atoms with E-state index in [2.05, 4.69) is 6.92 Å². The fraction of sp³-hybridized carbons (Fsp3) is 1.00. The van der Waals surface area contributed by atoms with Crippen molar-refractivity contribution in [3.8, 4) is 0 Å². The highest BCUT2D eigenvalue weighted by molar-refractivity contribution is 6.19. The molecule has 0 saturated carbocycles. The van der Waals surface area contributed by atoms with E-state index in [0.29, 0.717) is 6.42 Å². The van der Waals surface area contributed by atoms with Crippen molar-refractivity contribution in [1.29, 1.82) is 0 Å². The lowest BCUT2D eigenvalue weighted by Crippen LogP contribution is -2.23. The lowest BCUT2D eigenvalue weighted by molar-refractivity contribution is 0.232. The lowest BCUT2D eigenvalue weighted by atomic mass is 10.1. The van der Waals surface area contributed by atoms with Crippen LogP contribution in [0.4, 0.5) is 0 Å². The fourth-order valence-electron chi connectivity index (χ4n) is 0.738. The Hall–Kier alpha value is 0.210. The Balaban J connectivity index is 3.15. The molecule has 0 bridgehead atoms. The van der Waals surface area contributed by atoms with Gasteiger partial charge in [0.1, 0.15) is 5.56 Å². The number of nitrogens with two attached hydrogens (primary N) is 1. The Labute approximate surface area is 61.0 Å². The number of aliphatic hydroxyl groups excluding tert-OH is 1. The van der Waals surface area contributed by atoms with Crippen LogP contribution in [0, 0.1) is 0 Å². The second kappa shape index (κ2) is 5.03. The summed E-state index contributed by atoms with van der Waals surface area (Å²) >= 11 is 5.28. The minimum atomic E-state index is -0.772. The van der Waals surface area contributed by atoms with Crippen molar-refractivity contribution in [2.75, 3.05) is 0 Å². The number of hydrogen-bond donors (Lipinski definition) is 2. The van der Waals surface area contributed by atoms with Crippen LogP contribution in [-0.2, 0) is 0 Å². The van der Waals surface area contributed by atoms with Crippen LogP contribution in [0.25, 0.3) is 0 Å². The van der Waals surface area contributed by atoms with Crippen molar-refractivity contribution in [1.82, 2.24) is 0 Å². The molecule has 0 aromatic rings. The molecular weight excluding hydrogens is 138 g/mol. The van der Waals surface area contributed by atoms with Crippen molar-refractivity contribution in [2.45, 2.75) is 37.8 Å². The second-order valence-electron chi connectivity index (χ2n) is 2.22. The van der Waals surface area contributed by atoms with E-state index in [1.54, 1.807) is 0 Å². The first-order chi connectivity index (χ1) is 4.16. The highest BCUT2D eigenvalue weighted by Crippen LogP contribution is 2.04. The van der Waals surface area contributed by atoms with Gasteiger partial charge < -0.3 is 10.8 Å². The van der Waals surface area contributed by atoms with Crippen molar-refractivity contribution in [3.05, 3.63) is 0 Å². The van der Waals surface area contributed by atoms with E-state index in [0.717, 1.165) is 12.8 Å². The molecule has 2 atom stereocenters. The molecule has 0 aliphatic carbocycles. The average molecular weight is 152 g/mol. The molecule has 0 heterocycles. The van der Waals surface area contributed by atoms with Crippen LogP contribution in [0.3, 0.4) is 0 Å². The summed E-state index contributed by atoms with van der Waals surface area (Å²) in [4.78, 5) is 0. The number of alkyl halides is 1. The van der Waals surface area contributed by atoms with Crippen LogP contribution in [0.1, 0.15) is 26.2 Å². The molecule has 0 radical (unpaired) electrons. The summed E-state index contributed by atoms with van der Waals surface area (Å²) in [5, 5.41) is 8.63. The topological polar surface area (TPSA) is 46.2 Å². The molecule has 0 rings (SSSR count). The Bertz CT molecular complexity index is 68.1. The number of halogens is 1. The van der Waals surface area contributed by atoms with E-state index < -0.39 is 5.56 Å². The van der Waals surface area contributed by atoms with Gasteiger partial charge in [0.2, 0.25) is 0 Å². The average Bonchev–Trinajstić information content (AvgIpc) is 1.63. The van der Waals surface area contributed by atoms with E-state index >= 15 is 0 Å². The number of aliphatic hydroxyl groups is 1. The minimum Gasteiger partial charge on any atom is -0.378 e. The molecule has 0 amide bonds. The third kappa shape index (κ3) is 6.09. The second-order valence-corrected chi connectivity index (χ2v) is 2.72. The maximum absolute atomic E-state index is 8.63. The van der Waals surface area contributed by atoms with Gasteiger partial charge in [-0.05, 0) is 6.42 Å². The van der Waals surface area contributed by atoms with E-state index in [-0.39, 0.29) is 6.04 Å². The molecule has 0 aliphatic rings. The zero-order chi connectivity index (χ0) is 7.28. The third-order valence-corrected chi connectivity index (χ3v) is 1.33. The smallest absolute Gasteiger partial charge is 0.129 e. The quantitative estimate of drug-likeness (QED) is 0.591. The SMILES string of the molecule is CCCC(N)CC(O)Cl. The Morgan fingerprint density at radius 2 is 2.22 bits per heavy atom. The minimum absolute atomic E-state index is 0.0579. The van der Waals surface area contributed by atoms with Crippen molar-refractivity contribution in [3.63, 3.8) is 0 Å². The van der Waals surface area contributed by atoms with Crippen molar-refractivity contribution < 1.29 is 5.11 Å². The normalized spacial score (nSPS) is 17.3. The van der Waals surface area contributed by atoms with Gasteiger partial charge >= 0.3 is 0 Å². The number of rotatable bonds is 4. The predicted octanol–water partition coefficient (Wildman–Crippen LogP) is 1.06. The van der Waals surface area contributed by atoms with Gasteiger partial charge in [-0.25, -0.2) is 0 Å². The molecule has 2 nitrogen and oxygen atoms in total. The summed E-state index contributed by atoms with van der Waals surface area (Å²) in [6, 6.07) is 0.0579. The summed E-state index contributed by atoms with van der Waals surface area (Å²) in [6.07, 6.45) is 2.48. The monoisotopic (exact) mass is 151 g/mol. The van der Waals surface area contributed by atoms with Crippen LogP contribution in [-0.4, -0.2) is 16.7 Å². The molecule has 3 N–H and O–H groups in total. The highest BCUT2D eigenvalue weighted by atomic mass is 35.5. The maximum Gasteiger partial charge on any atom is 0.129 e. The zero-order valence-corrected chi connectivity index (χ0v) is 6.43. The van der Waals surface area contributed by atoms with Gasteiger partial charge in [-0.2, -0.15) is 0 Å². The summed E-state index contributed by atoms with van der Waals surface area (Å²) in [6.45, 7) is 2.06. The van der Waals surface area contributed by atoms with Crippen molar-refractivity contribution in [2.24, 2.45) is 5.73 Å². The van der Waals surface area contributed by atoms with Crippen LogP contribution in [0.2, 0.25) is 0 Å². The zero-order valence-electron chi connectivity index (χ0n) is 5.68. The maximum atomic E-state index is 8.63. The molecule has 0 aromatic carbocycles. The van der Waals surface area contributed by atoms with Gasteiger partial charge in [-0.3, -0.25) is 0 Å². The van der Waals surface area contributed by atoms with Gasteiger partial charge in [0.15, 0.2) is 0 Å². The number of hydrogen-bond acceptors (Lipinski definition) is 2. The van der Waals surface area contributed by atoms with E-state index in [1.807, 2.05) is 0 Å². The van der Waals surface area contributed by atoms with Crippen LogP contribution in [0.15, 0.2) is 0 Å². The van der Waals surface area contributed by atoms with Crippen LogP contribution in [0.5, 0.6) is 0 Å². The van der Waals surface area contributed by atoms with Gasteiger partial charge in [-0.1, -0.05) is 24.9 Å². The van der Waals surface area contributed by atoms with Gasteiger partial charge in [0.25, 0.3) is 0 Å².